The number of alkyl halides is 2. The quantitative estimate of drug-likeness (QED) is 0.627. The Morgan fingerprint density at radius 1 is 1.23 bits per heavy atom. The Balaban J connectivity index is 2.17. The second-order valence-corrected chi connectivity index (χ2v) is 8.11. The molecule has 0 saturated heterocycles. The molecule has 1 saturated carbocycles. The number of hydrogen-bond acceptors (Lipinski definition) is 2. The van der Waals surface area contributed by atoms with Gasteiger partial charge in [-0.15, -0.1) is 23.2 Å². The highest BCUT2D eigenvalue weighted by Gasteiger charge is 2.66. The van der Waals surface area contributed by atoms with Gasteiger partial charge in [-0.1, -0.05) is 41.7 Å². The number of nitriles is 1. The average molecular weight is 396 g/mol. The van der Waals surface area contributed by atoms with Crippen molar-refractivity contribution in [3.63, 3.8) is 0 Å². The van der Waals surface area contributed by atoms with E-state index < -0.39 is 9.75 Å². The van der Waals surface area contributed by atoms with Gasteiger partial charge in [-0.05, 0) is 18.6 Å². The van der Waals surface area contributed by atoms with Gasteiger partial charge in [0.2, 0.25) is 0 Å². The molecule has 0 radical (unpaired) electrons. The van der Waals surface area contributed by atoms with Crippen molar-refractivity contribution in [2.75, 3.05) is 0 Å². The molecule has 1 fully saturated rings. The van der Waals surface area contributed by atoms with Gasteiger partial charge in [0, 0.05) is 16.6 Å². The lowest BCUT2D eigenvalue weighted by atomic mass is 10.0. The molecule has 0 amide bonds. The van der Waals surface area contributed by atoms with Crippen LogP contribution in [0.3, 0.4) is 0 Å². The lowest BCUT2D eigenvalue weighted by Crippen LogP contribution is -2.13. The number of nitrogens with zero attached hydrogens (tertiary/aromatic N) is 3. The standard InChI is InChI=1S/C14H8Cl5N3/c1-13(6-14(13,18)19)12-7(4-20)5-22(21-12)11-9(16)2-8(15)3-10(11)17/h2-3,5H,6H2,1H3. The summed E-state index contributed by atoms with van der Waals surface area (Å²) >= 11 is 30.7. The molecule has 8 heteroatoms. The Bertz CT molecular complexity index is 797. The highest BCUT2D eigenvalue weighted by molar-refractivity contribution is 6.52. The molecular weight excluding hydrogens is 387 g/mol. The number of aromatic nitrogens is 2. The molecule has 1 unspecified atom stereocenters. The normalized spacial score (nSPS) is 22.4. The van der Waals surface area contributed by atoms with Gasteiger partial charge in [0.1, 0.15) is 16.1 Å². The Hall–Kier alpha value is -0.630. The van der Waals surface area contributed by atoms with Gasteiger partial charge in [-0.2, -0.15) is 10.4 Å². The monoisotopic (exact) mass is 393 g/mol. The zero-order valence-electron chi connectivity index (χ0n) is 11.2. The summed E-state index contributed by atoms with van der Waals surface area (Å²) in [6.45, 7) is 1.87. The van der Waals surface area contributed by atoms with Gasteiger partial charge in [0.25, 0.3) is 0 Å². The first-order valence-corrected chi connectivity index (χ1v) is 8.11. The van der Waals surface area contributed by atoms with Crippen molar-refractivity contribution in [3.05, 3.63) is 44.7 Å². The Morgan fingerprint density at radius 3 is 2.23 bits per heavy atom. The van der Waals surface area contributed by atoms with Crippen molar-refractivity contribution >= 4 is 58.0 Å². The molecule has 0 bridgehead atoms. The molecule has 1 aromatic heterocycles. The zero-order chi connectivity index (χ0) is 16.3. The predicted molar refractivity (Wildman–Crippen MR) is 89.7 cm³/mol. The van der Waals surface area contributed by atoms with Crippen LogP contribution in [0.1, 0.15) is 24.6 Å². The summed E-state index contributed by atoms with van der Waals surface area (Å²) < 4.78 is 0.535. The molecule has 1 atom stereocenters. The van der Waals surface area contributed by atoms with E-state index in [1.807, 2.05) is 6.92 Å². The van der Waals surface area contributed by atoms with Crippen LogP contribution < -0.4 is 0 Å². The van der Waals surface area contributed by atoms with Gasteiger partial charge in [-0.25, -0.2) is 4.68 Å². The van der Waals surface area contributed by atoms with Crippen LogP contribution in [0, 0.1) is 11.3 Å². The minimum absolute atomic E-state index is 0.333. The maximum absolute atomic E-state index is 9.35. The third-order valence-electron chi connectivity index (χ3n) is 3.83. The molecule has 0 N–H and O–H groups in total. The van der Waals surface area contributed by atoms with E-state index in [9.17, 15) is 5.26 Å². The van der Waals surface area contributed by atoms with Crippen LogP contribution in [0.25, 0.3) is 5.69 Å². The summed E-state index contributed by atoms with van der Waals surface area (Å²) in [4.78, 5) is 0. The zero-order valence-corrected chi connectivity index (χ0v) is 15.0. The van der Waals surface area contributed by atoms with Crippen molar-refractivity contribution in [2.24, 2.45) is 0 Å². The van der Waals surface area contributed by atoms with Crippen LogP contribution in [-0.4, -0.2) is 14.1 Å². The van der Waals surface area contributed by atoms with Crippen LogP contribution in [0.15, 0.2) is 18.3 Å². The van der Waals surface area contributed by atoms with E-state index in [1.54, 1.807) is 18.3 Å². The predicted octanol–water partition coefficient (Wildman–Crippen LogP) is 5.54. The molecule has 114 valence electrons. The molecule has 3 rings (SSSR count). The number of benzene rings is 1. The lowest BCUT2D eigenvalue weighted by molar-refractivity contribution is 0.707. The van der Waals surface area contributed by atoms with Crippen LogP contribution >= 0.6 is 58.0 Å². The summed E-state index contributed by atoms with van der Waals surface area (Å²) in [7, 11) is 0. The summed E-state index contributed by atoms with van der Waals surface area (Å²) in [5.41, 5.74) is 0.793. The fourth-order valence-corrected chi connectivity index (χ4v) is 4.09. The van der Waals surface area contributed by atoms with Crippen molar-refractivity contribution in [3.8, 4) is 11.8 Å². The second-order valence-electron chi connectivity index (χ2n) is 5.38. The van der Waals surface area contributed by atoms with Gasteiger partial charge >= 0.3 is 0 Å². The Kier molecular flexibility index (Phi) is 3.83. The highest BCUT2D eigenvalue weighted by atomic mass is 35.5. The van der Waals surface area contributed by atoms with Crippen LogP contribution in [-0.2, 0) is 5.41 Å². The molecule has 2 aromatic rings. The van der Waals surface area contributed by atoms with E-state index in [-0.39, 0.29) is 0 Å². The van der Waals surface area contributed by atoms with E-state index in [2.05, 4.69) is 11.2 Å². The third kappa shape index (κ3) is 2.38. The average Bonchev–Trinajstić information content (AvgIpc) is 2.76. The molecule has 1 aromatic carbocycles. The molecule has 3 nitrogen and oxygen atoms in total. The first-order valence-electron chi connectivity index (χ1n) is 6.22. The van der Waals surface area contributed by atoms with Gasteiger partial charge in [0.15, 0.2) is 0 Å². The summed E-state index contributed by atoms with van der Waals surface area (Å²) in [5.74, 6) is 0. The molecule has 1 heterocycles. The second kappa shape index (κ2) is 5.19. The Morgan fingerprint density at radius 2 is 1.77 bits per heavy atom. The van der Waals surface area contributed by atoms with Crippen molar-refractivity contribution in [1.29, 1.82) is 5.26 Å². The SMILES string of the molecule is CC1(c2nn(-c3c(Cl)cc(Cl)cc3Cl)cc2C#N)CC1(Cl)Cl. The first kappa shape index (κ1) is 16.2. The molecular formula is C14H8Cl5N3. The summed E-state index contributed by atoms with van der Waals surface area (Å²) in [6.07, 6.45) is 2.08. The number of hydrogen-bond donors (Lipinski definition) is 0. The summed E-state index contributed by atoms with van der Waals surface area (Å²) in [5, 5.41) is 14.9. The molecule has 1 aliphatic carbocycles. The van der Waals surface area contributed by atoms with E-state index >= 15 is 0 Å². The van der Waals surface area contributed by atoms with Crippen LogP contribution in [0.4, 0.5) is 0 Å². The van der Waals surface area contributed by atoms with Crippen molar-refractivity contribution in [2.45, 2.75) is 23.1 Å². The number of halogens is 5. The topological polar surface area (TPSA) is 41.6 Å². The van der Waals surface area contributed by atoms with Crippen molar-refractivity contribution in [1.82, 2.24) is 9.78 Å². The van der Waals surface area contributed by atoms with Gasteiger partial charge in [-0.3, -0.25) is 0 Å². The van der Waals surface area contributed by atoms with Crippen LogP contribution in [0.2, 0.25) is 15.1 Å². The minimum atomic E-state index is -0.925. The highest BCUT2D eigenvalue weighted by Crippen LogP contribution is 2.64. The summed E-state index contributed by atoms with van der Waals surface area (Å²) in [6, 6.07) is 5.23. The minimum Gasteiger partial charge on any atom is -0.236 e. The number of rotatable bonds is 2. The van der Waals surface area contributed by atoms with Gasteiger partial charge in [0.05, 0.1) is 21.3 Å². The lowest BCUT2D eigenvalue weighted by Gasteiger charge is -2.10. The fraction of sp³-hybridized carbons (Fsp3) is 0.286. The van der Waals surface area contributed by atoms with E-state index in [4.69, 9.17) is 58.0 Å². The van der Waals surface area contributed by atoms with E-state index in [0.717, 1.165) is 0 Å². The molecule has 0 aliphatic heterocycles. The van der Waals surface area contributed by atoms with Crippen molar-refractivity contribution < 1.29 is 0 Å². The van der Waals surface area contributed by atoms with Crippen LogP contribution in [0.5, 0.6) is 0 Å². The van der Waals surface area contributed by atoms with Gasteiger partial charge < -0.3 is 0 Å². The Labute approximate surface area is 152 Å². The van der Waals surface area contributed by atoms with E-state index in [1.165, 1.54) is 4.68 Å². The first-order chi connectivity index (χ1) is 10.2. The molecule has 22 heavy (non-hydrogen) atoms. The van der Waals surface area contributed by atoms with E-state index in [0.29, 0.717) is 38.4 Å². The maximum atomic E-state index is 9.35. The largest absolute Gasteiger partial charge is 0.236 e. The maximum Gasteiger partial charge on any atom is 0.130 e. The fourth-order valence-electron chi connectivity index (χ4n) is 2.39. The third-order valence-corrected chi connectivity index (χ3v) is 5.72. The molecule has 0 spiro atoms. The molecule has 1 aliphatic rings. The smallest absolute Gasteiger partial charge is 0.130 e.